The Hall–Kier alpha value is 1.07. The van der Waals surface area contributed by atoms with Gasteiger partial charge in [0.15, 0.2) is 18.9 Å². The molecule has 0 bridgehead atoms. The Morgan fingerprint density at radius 1 is 0.500 bits per heavy atom. The Morgan fingerprint density at radius 2 is 1.06 bits per heavy atom. The van der Waals surface area contributed by atoms with Gasteiger partial charge in [0.1, 0.15) is 54.9 Å². The summed E-state index contributed by atoms with van der Waals surface area (Å²) < 4.78 is 52.1. The average Bonchev–Trinajstić information content (AvgIpc) is 3.13. The third-order valence-electron chi connectivity index (χ3n) is 10.0. The van der Waals surface area contributed by atoms with E-state index in [0.717, 1.165) is 0 Å². The number of hydrogen-bond acceptors (Lipinski definition) is 22. The van der Waals surface area contributed by atoms with Crippen molar-refractivity contribution in [1.82, 2.24) is 0 Å². The lowest BCUT2D eigenvalue weighted by Gasteiger charge is -2.49. The van der Waals surface area contributed by atoms with Gasteiger partial charge in [-0.25, -0.2) is 0 Å². The zero-order valence-electron chi connectivity index (χ0n) is 28.0. The minimum absolute atomic E-state index is 0.0314. The Bertz CT molecular complexity index is 1090. The van der Waals surface area contributed by atoms with Crippen LogP contribution < -0.4 is 0 Å². The van der Waals surface area contributed by atoms with Crippen LogP contribution in [0.1, 0.15) is 19.3 Å². The number of rotatable bonds is 13. The summed E-state index contributed by atoms with van der Waals surface area (Å²) >= 11 is 21.5. The summed E-state index contributed by atoms with van der Waals surface area (Å²) in [4.78, 5) is 0. The van der Waals surface area contributed by atoms with Gasteiger partial charge in [0.05, 0.1) is 42.7 Å². The summed E-state index contributed by atoms with van der Waals surface area (Å²) in [6.07, 6.45) is -22.9. The van der Waals surface area contributed by atoms with Gasteiger partial charge in [-0.2, -0.15) is 63.1 Å². The monoisotopic (exact) mass is 844 g/mol. The SMILES string of the molecule is O[C@@H]1[C@@H](O)[C@@H](O[C@H]2[C@H](O)CCO[C@@H]2CS)C[C@H](CS)[C@H]1O[C@H]1O[C@H](CS)[C@@H](O[C@H]2O[C@H](CS)[C@@H](O[C@H]3O[C@H](CS)C[C@H](O)O3)[C@H](O)[C@H]2O)[C@H](O)[C@H]1O. The summed E-state index contributed by atoms with van der Waals surface area (Å²) in [5.41, 5.74) is 0. The Kier molecular flexibility index (Phi) is 17.1. The van der Waals surface area contributed by atoms with Crippen LogP contribution >= 0.6 is 63.1 Å². The highest BCUT2D eigenvalue weighted by Crippen LogP contribution is 2.37. The molecule has 5 rings (SSSR count). The summed E-state index contributed by atoms with van der Waals surface area (Å²) in [5.74, 6) is 0.0743. The average molecular weight is 845 g/mol. The van der Waals surface area contributed by atoms with Crippen molar-refractivity contribution < 1.29 is 83.5 Å². The van der Waals surface area contributed by atoms with Gasteiger partial charge in [0.2, 0.25) is 0 Å². The Balaban J connectivity index is 1.21. The van der Waals surface area contributed by atoms with E-state index in [9.17, 15) is 40.9 Å². The van der Waals surface area contributed by atoms with Crippen LogP contribution in [0.15, 0.2) is 0 Å². The molecule has 52 heavy (non-hydrogen) atoms. The van der Waals surface area contributed by atoms with Crippen LogP contribution in [-0.2, 0) is 42.6 Å². The molecule has 0 spiro atoms. The maximum atomic E-state index is 11.3. The van der Waals surface area contributed by atoms with Crippen molar-refractivity contribution in [2.75, 3.05) is 35.4 Å². The molecule has 0 unspecified atom stereocenters. The predicted molar refractivity (Wildman–Crippen MR) is 195 cm³/mol. The topological polar surface area (TPSA) is 245 Å². The first kappa shape index (κ1) is 44.2. The molecule has 0 aromatic heterocycles. The van der Waals surface area contributed by atoms with Gasteiger partial charge in [-0.15, -0.1) is 0 Å². The zero-order valence-corrected chi connectivity index (χ0v) is 32.4. The second kappa shape index (κ2) is 20.2. The molecule has 0 aromatic carbocycles. The molecular formula is C30H52O17S5. The predicted octanol–water partition coefficient (Wildman–Crippen LogP) is -3.26. The third-order valence-corrected chi connectivity index (χ3v) is 12.0. The number of hydrogen-bond donors (Lipinski definition) is 13. The highest BCUT2D eigenvalue weighted by atomic mass is 32.1. The Morgan fingerprint density at radius 3 is 1.62 bits per heavy atom. The summed E-state index contributed by atoms with van der Waals surface area (Å²) in [6, 6.07) is 0. The first-order valence-electron chi connectivity index (χ1n) is 17.2. The highest BCUT2D eigenvalue weighted by Gasteiger charge is 2.54. The van der Waals surface area contributed by atoms with Crippen LogP contribution in [0.4, 0.5) is 0 Å². The molecule has 21 atom stereocenters. The standard InChI is InChI=1S/C30H52O17S5/c31-12-1-2-39-14(7-50)25(12)41-13-3-10(5-48)24(19(34)18(13)33)45-28-22(37)20(35)26(15(8-51)42-28)46-29-23(38)21(36)27(16(9-52)43-29)47-30-40-11(6-49)4-17(32)44-30/h10-38,48-52H,1-9H2/t10-,11+,12-,13+,14-,15-,16-,17-,18+,19-,20-,21-,22-,23-,24-,25+,26-,27-,28-,29-,30+/m1/s1. The van der Waals surface area contributed by atoms with Gasteiger partial charge < -0.3 is 83.5 Å². The van der Waals surface area contributed by atoms with E-state index < -0.39 is 129 Å². The molecule has 4 aliphatic heterocycles. The van der Waals surface area contributed by atoms with Crippen molar-refractivity contribution in [3.63, 3.8) is 0 Å². The third kappa shape index (κ3) is 10.0. The molecule has 5 aliphatic rings. The first-order chi connectivity index (χ1) is 24.8. The largest absolute Gasteiger partial charge is 0.390 e. The lowest BCUT2D eigenvalue weighted by Crippen LogP contribution is -2.66. The van der Waals surface area contributed by atoms with Crippen molar-refractivity contribution in [2.24, 2.45) is 5.92 Å². The van der Waals surface area contributed by atoms with E-state index in [1.165, 1.54) is 0 Å². The molecule has 22 heteroatoms. The van der Waals surface area contributed by atoms with Crippen molar-refractivity contribution in [3.8, 4) is 0 Å². The molecule has 0 aromatic rings. The fourth-order valence-corrected chi connectivity index (χ4v) is 8.59. The van der Waals surface area contributed by atoms with Crippen molar-refractivity contribution in [2.45, 2.75) is 142 Å². The fraction of sp³-hybridized carbons (Fsp3) is 1.00. The van der Waals surface area contributed by atoms with E-state index in [1.54, 1.807) is 0 Å². The molecule has 4 heterocycles. The molecule has 4 saturated heterocycles. The van der Waals surface area contributed by atoms with Crippen molar-refractivity contribution >= 4 is 63.1 Å². The summed E-state index contributed by atoms with van der Waals surface area (Å²) in [7, 11) is 0. The minimum Gasteiger partial charge on any atom is -0.390 e. The second-order valence-electron chi connectivity index (χ2n) is 13.5. The lowest BCUT2D eigenvalue weighted by molar-refractivity contribution is -0.415. The van der Waals surface area contributed by atoms with Crippen LogP contribution in [0, 0.1) is 5.92 Å². The van der Waals surface area contributed by atoms with Crippen LogP contribution in [0.5, 0.6) is 0 Å². The van der Waals surface area contributed by atoms with Crippen molar-refractivity contribution in [3.05, 3.63) is 0 Å². The van der Waals surface area contributed by atoms with E-state index in [2.05, 4.69) is 63.1 Å². The normalized spacial score (nSPS) is 50.6. The molecule has 8 N–H and O–H groups in total. The van der Waals surface area contributed by atoms with E-state index in [-0.39, 0.29) is 41.6 Å². The maximum Gasteiger partial charge on any atom is 0.274 e. The number of thiol groups is 5. The number of aliphatic hydroxyl groups excluding tert-OH is 8. The quantitative estimate of drug-likeness (QED) is 0.0814. The molecule has 0 radical (unpaired) electrons. The maximum absolute atomic E-state index is 11.3. The second-order valence-corrected chi connectivity index (χ2v) is 15.3. The zero-order chi connectivity index (χ0) is 37.9. The van der Waals surface area contributed by atoms with E-state index in [1.807, 2.05) is 0 Å². The summed E-state index contributed by atoms with van der Waals surface area (Å²) in [6.45, 7) is -1.07. The Labute approximate surface area is 328 Å². The molecule has 1 saturated carbocycles. The van der Waals surface area contributed by atoms with Crippen LogP contribution in [0.3, 0.4) is 0 Å². The van der Waals surface area contributed by atoms with E-state index in [4.69, 9.17) is 42.6 Å². The molecular weight excluding hydrogens is 793 g/mol. The van der Waals surface area contributed by atoms with Gasteiger partial charge in [0, 0.05) is 36.0 Å². The van der Waals surface area contributed by atoms with Gasteiger partial charge in [-0.05, 0) is 24.5 Å². The van der Waals surface area contributed by atoms with Gasteiger partial charge in [-0.1, -0.05) is 0 Å². The fourth-order valence-electron chi connectivity index (χ4n) is 7.09. The first-order valence-corrected chi connectivity index (χ1v) is 20.4. The van der Waals surface area contributed by atoms with Gasteiger partial charge in [0.25, 0.3) is 6.48 Å². The molecule has 0 amide bonds. The number of ether oxygens (including phenoxy) is 9. The summed E-state index contributed by atoms with van der Waals surface area (Å²) in [5, 5.41) is 87.4. The van der Waals surface area contributed by atoms with Crippen LogP contribution in [0.25, 0.3) is 0 Å². The minimum atomic E-state index is -1.76. The molecule has 17 nitrogen and oxygen atoms in total. The molecule has 1 aliphatic carbocycles. The lowest BCUT2D eigenvalue weighted by atomic mass is 9.81. The van der Waals surface area contributed by atoms with E-state index >= 15 is 0 Å². The number of aliphatic hydroxyl groups is 8. The van der Waals surface area contributed by atoms with Crippen LogP contribution in [-0.4, -0.2) is 199 Å². The smallest absolute Gasteiger partial charge is 0.274 e. The molecule has 304 valence electrons. The van der Waals surface area contributed by atoms with Crippen LogP contribution in [0.2, 0.25) is 0 Å². The highest BCUT2D eigenvalue weighted by molar-refractivity contribution is 7.80. The molecule has 5 fully saturated rings. The van der Waals surface area contributed by atoms with Crippen molar-refractivity contribution in [1.29, 1.82) is 0 Å². The van der Waals surface area contributed by atoms with Gasteiger partial charge in [-0.3, -0.25) is 0 Å². The van der Waals surface area contributed by atoms with Gasteiger partial charge >= 0.3 is 0 Å². The van der Waals surface area contributed by atoms with E-state index in [0.29, 0.717) is 13.0 Å².